The minimum absolute atomic E-state index is 0.0315. The Hall–Kier alpha value is -4.22. The van der Waals surface area contributed by atoms with Crippen molar-refractivity contribution in [2.75, 3.05) is 16.0 Å². The molecule has 0 spiro atoms. The van der Waals surface area contributed by atoms with Gasteiger partial charge in [0.15, 0.2) is 9.84 Å². The third-order valence-electron chi connectivity index (χ3n) is 7.29. The Balaban J connectivity index is 1.57. The third-order valence-corrected chi connectivity index (χ3v) is 10.3. The first-order valence-electron chi connectivity index (χ1n) is 13.3. The van der Waals surface area contributed by atoms with Crippen molar-refractivity contribution in [1.82, 2.24) is 4.98 Å². The molecule has 2 N–H and O–H groups in total. The Morgan fingerprint density at radius 2 is 2.02 bits per heavy atom. The highest BCUT2D eigenvalue weighted by molar-refractivity contribution is 7.95. The van der Waals surface area contributed by atoms with Crippen LogP contribution in [-0.2, 0) is 16.4 Å². The summed E-state index contributed by atoms with van der Waals surface area (Å²) in [6.07, 6.45) is 1.74. The van der Waals surface area contributed by atoms with Gasteiger partial charge in [-0.25, -0.2) is 12.8 Å². The van der Waals surface area contributed by atoms with E-state index in [9.17, 15) is 18.3 Å². The Kier molecular flexibility index (Phi) is 7.02. The lowest BCUT2D eigenvalue weighted by Gasteiger charge is -2.37. The molecule has 8 nitrogen and oxygen atoms in total. The van der Waals surface area contributed by atoms with Gasteiger partial charge in [-0.15, -0.1) is 0 Å². The summed E-state index contributed by atoms with van der Waals surface area (Å²) in [5, 5.41) is 17.9. The van der Waals surface area contributed by atoms with Crippen LogP contribution >= 0.6 is 11.3 Å². The van der Waals surface area contributed by atoms with Crippen molar-refractivity contribution in [3.8, 4) is 11.5 Å². The number of rotatable bonds is 5. The number of sulfone groups is 1. The van der Waals surface area contributed by atoms with E-state index in [-0.39, 0.29) is 51.4 Å². The fourth-order valence-electron chi connectivity index (χ4n) is 5.58. The van der Waals surface area contributed by atoms with Crippen molar-refractivity contribution in [3.63, 3.8) is 0 Å². The number of carbonyl (C=O) groups is 1. The summed E-state index contributed by atoms with van der Waals surface area (Å²) in [5.41, 5.74) is 0.927. The first-order valence-corrected chi connectivity index (χ1v) is 15.9. The van der Waals surface area contributed by atoms with Crippen LogP contribution in [0.5, 0.6) is 11.5 Å². The number of allylic oxidation sites excluding steroid dienone is 1. The van der Waals surface area contributed by atoms with E-state index in [1.807, 2.05) is 30.7 Å². The highest BCUT2D eigenvalue weighted by Crippen LogP contribution is 2.52. The fourth-order valence-corrected chi connectivity index (χ4v) is 8.59. The number of benzene rings is 2. The predicted molar refractivity (Wildman–Crippen MR) is 160 cm³/mol. The lowest BCUT2D eigenvalue weighted by molar-refractivity contribution is 0.0975. The van der Waals surface area contributed by atoms with E-state index in [0.717, 1.165) is 5.56 Å². The van der Waals surface area contributed by atoms with E-state index in [1.54, 1.807) is 30.3 Å². The van der Waals surface area contributed by atoms with Crippen molar-refractivity contribution in [2.24, 2.45) is 5.41 Å². The summed E-state index contributed by atoms with van der Waals surface area (Å²) >= 11 is 1.53. The number of pyridine rings is 1. The molecular weight excluding hydrogens is 577 g/mol. The number of carbonyl (C=O) groups excluding carboxylic acids is 1. The van der Waals surface area contributed by atoms with Gasteiger partial charge in [-0.2, -0.15) is 11.3 Å². The van der Waals surface area contributed by atoms with Crippen LogP contribution in [0.15, 0.2) is 88.2 Å². The molecule has 2 aliphatic heterocycles. The van der Waals surface area contributed by atoms with Crippen LogP contribution in [0, 0.1) is 11.2 Å². The average Bonchev–Trinajstić information content (AvgIpc) is 3.41. The number of phenolic OH excluding ortho intramolecular Hbond substituents is 1. The van der Waals surface area contributed by atoms with Crippen LogP contribution in [0.1, 0.15) is 47.9 Å². The second-order valence-electron chi connectivity index (χ2n) is 11.1. The van der Waals surface area contributed by atoms with Crippen LogP contribution in [-0.4, -0.2) is 30.2 Å². The number of amides is 1. The molecule has 1 atom stereocenters. The molecule has 11 heteroatoms. The maximum absolute atomic E-state index is 16.2. The molecular formula is C31H28FN3O5S2. The molecule has 0 aliphatic carbocycles. The van der Waals surface area contributed by atoms with Crippen molar-refractivity contribution in [2.45, 2.75) is 32.9 Å². The van der Waals surface area contributed by atoms with Crippen LogP contribution in [0.4, 0.5) is 15.8 Å². The SMILES string of the molecule is CC1(C)CC2=C(C(c3ccc(OCc4ccsc4)cc3F)N(C(=O)c3ccccn3)c3cccc(O)c3N2)S(=O)(=O)C1. The van der Waals surface area contributed by atoms with Crippen LogP contribution in [0.3, 0.4) is 0 Å². The molecule has 0 bridgehead atoms. The van der Waals surface area contributed by atoms with Gasteiger partial charge in [0.1, 0.15) is 41.3 Å². The molecule has 1 unspecified atom stereocenters. The summed E-state index contributed by atoms with van der Waals surface area (Å²) in [7, 11) is -4.03. The quantitative estimate of drug-likeness (QED) is 0.252. The minimum atomic E-state index is -4.03. The van der Waals surface area contributed by atoms with E-state index in [4.69, 9.17) is 4.74 Å². The summed E-state index contributed by atoms with van der Waals surface area (Å²) in [6, 6.07) is 14.1. The summed E-state index contributed by atoms with van der Waals surface area (Å²) in [5.74, 6) is -1.51. The lowest BCUT2D eigenvalue weighted by Crippen LogP contribution is -2.41. The number of anilines is 2. The third kappa shape index (κ3) is 5.14. The number of hydrogen-bond donors (Lipinski definition) is 2. The van der Waals surface area contributed by atoms with Gasteiger partial charge in [0.25, 0.3) is 5.91 Å². The average molecular weight is 606 g/mol. The number of aromatic nitrogens is 1. The maximum Gasteiger partial charge on any atom is 0.277 e. The van der Waals surface area contributed by atoms with E-state index in [1.165, 1.54) is 46.7 Å². The highest BCUT2D eigenvalue weighted by Gasteiger charge is 2.48. The smallest absolute Gasteiger partial charge is 0.277 e. The Bertz CT molecular complexity index is 1810. The molecule has 216 valence electrons. The zero-order chi connectivity index (χ0) is 29.6. The summed E-state index contributed by atoms with van der Waals surface area (Å²) in [4.78, 5) is 19.5. The fraction of sp³-hybridized carbons (Fsp3) is 0.226. The predicted octanol–water partition coefficient (Wildman–Crippen LogP) is 6.44. The number of hydrogen-bond acceptors (Lipinski definition) is 8. The largest absolute Gasteiger partial charge is 0.506 e. The van der Waals surface area contributed by atoms with Gasteiger partial charge in [-0.1, -0.05) is 26.0 Å². The monoisotopic (exact) mass is 605 g/mol. The van der Waals surface area contributed by atoms with Gasteiger partial charge in [0.2, 0.25) is 0 Å². The number of thiophene rings is 1. The first-order chi connectivity index (χ1) is 20.0. The van der Waals surface area contributed by atoms with Gasteiger partial charge in [-0.3, -0.25) is 14.7 Å². The summed E-state index contributed by atoms with van der Waals surface area (Å²) in [6.45, 7) is 3.91. The Morgan fingerprint density at radius 3 is 2.74 bits per heavy atom. The van der Waals surface area contributed by atoms with Crippen molar-refractivity contribution in [3.05, 3.63) is 111 Å². The first kappa shape index (κ1) is 27.9. The summed E-state index contributed by atoms with van der Waals surface area (Å²) < 4.78 is 50.1. The van der Waals surface area contributed by atoms with Crippen molar-refractivity contribution >= 4 is 38.5 Å². The normalized spacial score (nSPS) is 18.8. The topological polar surface area (TPSA) is 109 Å². The van der Waals surface area contributed by atoms with E-state index >= 15 is 4.39 Å². The molecule has 2 aromatic heterocycles. The number of nitrogens with zero attached hydrogens (tertiary/aromatic N) is 2. The Labute approximate surface area is 247 Å². The number of ether oxygens (including phenoxy) is 1. The van der Waals surface area contributed by atoms with Crippen LogP contribution < -0.4 is 15.0 Å². The maximum atomic E-state index is 16.2. The Morgan fingerprint density at radius 1 is 1.19 bits per heavy atom. The molecule has 2 aromatic carbocycles. The molecule has 42 heavy (non-hydrogen) atoms. The van der Waals surface area contributed by atoms with Crippen LogP contribution in [0.25, 0.3) is 0 Å². The molecule has 2 aliphatic rings. The molecule has 6 rings (SSSR count). The second kappa shape index (κ2) is 10.6. The molecule has 0 fully saturated rings. The van der Waals surface area contributed by atoms with Gasteiger partial charge in [0, 0.05) is 23.5 Å². The molecule has 0 saturated carbocycles. The minimum Gasteiger partial charge on any atom is -0.506 e. The number of phenols is 1. The van der Waals surface area contributed by atoms with E-state index < -0.39 is 33.0 Å². The zero-order valence-electron chi connectivity index (χ0n) is 22.9. The number of fused-ring (bicyclic) bond motifs is 1. The van der Waals surface area contributed by atoms with Gasteiger partial charge < -0.3 is 15.2 Å². The number of para-hydroxylation sites is 1. The van der Waals surface area contributed by atoms with E-state index in [0.29, 0.717) is 12.1 Å². The highest BCUT2D eigenvalue weighted by atomic mass is 32.2. The van der Waals surface area contributed by atoms with Crippen molar-refractivity contribution in [1.29, 1.82) is 0 Å². The molecule has 0 saturated heterocycles. The van der Waals surface area contributed by atoms with Gasteiger partial charge >= 0.3 is 0 Å². The van der Waals surface area contributed by atoms with Gasteiger partial charge in [-0.05, 0) is 70.6 Å². The standard InChI is InChI=1S/C31H28FN3O5S2/c1-31(2)15-24-29(42(38,39)18-31)28(21-10-9-20(14-22(21)32)40-16-19-11-13-41-17-19)35(30(37)23-6-3-4-12-33-23)25-7-5-8-26(36)27(25)34-24/h3-14,17,28,34,36H,15-16,18H2,1-2H3. The van der Waals surface area contributed by atoms with Crippen LogP contribution in [0.2, 0.25) is 0 Å². The van der Waals surface area contributed by atoms with Crippen molar-refractivity contribution < 1.29 is 27.4 Å². The molecule has 4 aromatic rings. The molecule has 4 heterocycles. The molecule has 1 amide bonds. The second-order valence-corrected chi connectivity index (χ2v) is 13.9. The zero-order valence-corrected chi connectivity index (χ0v) is 24.5. The van der Waals surface area contributed by atoms with Gasteiger partial charge in [0.05, 0.1) is 16.3 Å². The number of aromatic hydroxyl groups is 1. The lowest BCUT2D eigenvalue weighted by atomic mass is 9.88. The van der Waals surface area contributed by atoms with E-state index in [2.05, 4.69) is 10.3 Å². The number of halogens is 1. The molecule has 0 radical (unpaired) electrons. The number of nitrogens with one attached hydrogen (secondary N) is 1.